The molecule has 5 rings (SSSR count). The second kappa shape index (κ2) is 12.8. The van der Waals surface area contributed by atoms with Gasteiger partial charge in [0.2, 0.25) is 0 Å². The first-order valence-electron chi connectivity index (χ1n) is 13.5. The lowest BCUT2D eigenvalue weighted by Gasteiger charge is -2.35. The fraction of sp³-hybridized carbons (Fsp3) is 0.312. The zero-order chi connectivity index (χ0) is 27.2. The highest BCUT2D eigenvalue weighted by atomic mass is 35.5. The summed E-state index contributed by atoms with van der Waals surface area (Å²) in [6, 6.07) is 23.4. The van der Waals surface area contributed by atoms with E-state index >= 15 is 0 Å². The standard InChI is InChI=1S/C32H33ClN2O3S/c1-3-37-29-19-23(17-18-28(29)38-21-24-12-8-9-15-26(24)33)20-30-31(36)35(27-16-10-7-11-22(27)2)32(39-30)34-25-13-5-4-6-14-25/h4-6,8-9,12-15,17-20,22,27H,3,7,10-11,16,21H2,1-2H3/b30-20-,34-32?/t22-,27-/m1/s1. The van der Waals surface area contributed by atoms with Crippen LogP contribution in [0.5, 0.6) is 11.5 Å². The number of amides is 1. The molecule has 1 aliphatic heterocycles. The summed E-state index contributed by atoms with van der Waals surface area (Å²) in [5.41, 5.74) is 2.63. The van der Waals surface area contributed by atoms with Crippen LogP contribution in [0.3, 0.4) is 0 Å². The molecule has 1 amide bonds. The Morgan fingerprint density at radius 2 is 1.77 bits per heavy atom. The molecule has 39 heavy (non-hydrogen) atoms. The van der Waals surface area contributed by atoms with Gasteiger partial charge in [0.15, 0.2) is 16.7 Å². The van der Waals surface area contributed by atoms with E-state index in [0.29, 0.717) is 40.6 Å². The van der Waals surface area contributed by atoms with Crippen molar-refractivity contribution in [3.8, 4) is 11.5 Å². The van der Waals surface area contributed by atoms with E-state index in [9.17, 15) is 4.79 Å². The van der Waals surface area contributed by atoms with E-state index in [1.807, 2.05) is 90.7 Å². The zero-order valence-corrected chi connectivity index (χ0v) is 23.9. The molecule has 2 atom stereocenters. The van der Waals surface area contributed by atoms with Crippen molar-refractivity contribution >= 4 is 46.2 Å². The summed E-state index contributed by atoms with van der Waals surface area (Å²) in [7, 11) is 0. The molecular formula is C32H33ClN2O3S. The van der Waals surface area contributed by atoms with Crippen LogP contribution in [0.2, 0.25) is 5.02 Å². The number of carbonyl (C=O) groups excluding carboxylic acids is 1. The fourth-order valence-corrected chi connectivity index (χ4v) is 6.31. The number of benzene rings is 3. The summed E-state index contributed by atoms with van der Waals surface area (Å²) in [5, 5.41) is 1.42. The smallest absolute Gasteiger partial charge is 0.267 e. The third kappa shape index (κ3) is 6.51. The fourth-order valence-electron chi connectivity index (χ4n) is 5.07. The van der Waals surface area contributed by atoms with Gasteiger partial charge in [-0.2, -0.15) is 0 Å². The number of aliphatic imine (C=N–C) groups is 1. The van der Waals surface area contributed by atoms with E-state index in [0.717, 1.165) is 41.2 Å². The molecular weight excluding hydrogens is 528 g/mol. The largest absolute Gasteiger partial charge is 0.490 e. The molecule has 0 spiro atoms. The van der Waals surface area contributed by atoms with Gasteiger partial charge in [-0.15, -0.1) is 0 Å². The molecule has 0 aromatic heterocycles. The van der Waals surface area contributed by atoms with Crippen molar-refractivity contribution in [3.05, 3.63) is 93.9 Å². The molecule has 3 aromatic rings. The Morgan fingerprint density at radius 3 is 2.54 bits per heavy atom. The normalized spacial score (nSPS) is 21.5. The summed E-state index contributed by atoms with van der Waals surface area (Å²) < 4.78 is 12.0. The predicted molar refractivity (Wildman–Crippen MR) is 161 cm³/mol. The molecule has 7 heteroatoms. The second-order valence-electron chi connectivity index (χ2n) is 9.86. The Hall–Kier alpha value is -3.22. The lowest BCUT2D eigenvalue weighted by atomic mass is 9.85. The van der Waals surface area contributed by atoms with Gasteiger partial charge in [-0.05, 0) is 79.4 Å². The SMILES string of the molecule is CCOc1cc(/C=C2\SC(=Nc3ccccc3)N([C@@H]3CCCC[C@H]3C)C2=O)ccc1OCc1ccccc1Cl. The number of thioether (sulfide) groups is 1. The van der Waals surface area contributed by atoms with Crippen LogP contribution in [0.4, 0.5) is 5.69 Å². The van der Waals surface area contributed by atoms with E-state index in [1.54, 1.807) is 0 Å². The first kappa shape index (κ1) is 27.4. The van der Waals surface area contributed by atoms with Crippen LogP contribution in [0.15, 0.2) is 82.7 Å². The molecule has 3 aromatic carbocycles. The number of amidine groups is 1. The summed E-state index contributed by atoms with van der Waals surface area (Å²) in [6.07, 6.45) is 6.41. The molecule has 2 aliphatic rings. The number of para-hydroxylation sites is 1. The number of hydrogen-bond acceptors (Lipinski definition) is 5. The van der Waals surface area contributed by atoms with Gasteiger partial charge in [-0.3, -0.25) is 9.69 Å². The van der Waals surface area contributed by atoms with Crippen molar-refractivity contribution in [2.45, 2.75) is 52.2 Å². The van der Waals surface area contributed by atoms with Gasteiger partial charge in [-0.1, -0.05) is 73.8 Å². The summed E-state index contributed by atoms with van der Waals surface area (Å²) in [6.45, 7) is 5.02. The van der Waals surface area contributed by atoms with E-state index < -0.39 is 0 Å². The minimum Gasteiger partial charge on any atom is -0.490 e. The monoisotopic (exact) mass is 560 g/mol. The molecule has 1 heterocycles. The first-order valence-corrected chi connectivity index (χ1v) is 14.7. The average molecular weight is 561 g/mol. The summed E-state index contributed by atoms with van der Waals surface area (Å²) >= 11 is 7.74. The summed E-state index contributed by atoms with van der Waals surface area (Å²) in [4.78, 5) is 21.3. The Labute approximate surface area is 239 Å². The minimum absolute atomic E-state index is 0.0189. The van der Waals surface area contributed by atoms with Crippen LogP contribution in [0.1, 0.15) is 50.7 Å². The van der Waals surface area contributed by atoms with E-state index in [1.165, 1.54) is 18.2 Å². The second-order valence-corrected chi connectivity index (χ2v) is 11.3. The number of rotatable bonds is 8. The number of halogens is 1. The molecule has 0 bridgehead atoms. The summed E-state index contributed by atoms with van der Waals surface area (Å²) in [5.74, 6) is 1.71. The Kier molecular flexibility index (Phi) is 8.95. The molecule has 1 saturated carbocycles. The third-order valence-electron chi connectivity index (χ3n) is 7.12. The van der Waals surface area contributed by atoms with E-state index in [-0.39, 0.29) is 11.9 Å². The first-order chi connectivity index (χ1) is 19.0. The molecule has 0 unspecified atom stereocenters. The van der Waals surface area contributed by atoms with Crippen molar-refractivity contribution in [3.63, 3.8) is 0 Å². The number of ether oxygens (including phenoxy) is 2. The van der Waals surface area contributed by atoms with Crippen LogP contribution >= 0.6 is 23.4 Å². The highest BCUT2D eigenvalue weighted by Gasteiger charge is 2.41. The molecule has 0 radical (unpaired) electrons. The maximum absolute atomic E-state index is 13.8. The van der Waals surface area contributed by atoms with Crippen LogP contribution < -0.4 is 9.47 Å². The van der Waals surface area contributed by atoms with E-state index in [4.69, 9.17) is 26.1 Å². The Morgan fingerprint density at radius 1 is 1.00 bits per heavy atom. The van der Waals surface area contributed by atoms with Crippen molar-refractivity contribution < 1.29 is 14.3 Å². The lowest BCUT2D eigenvalue weighted by Crippen LogP contribution is -2.44. The van der Waals surface area contributed by atoms with Crippen LogP contribution in [0, 0.1) is 5.92 Å². The quantitative estimate of drug-likeness (QED) is 0.259. The minimum atomic E-state index is 0.0189. The van der Waals surface area contributed by atoms with Gasteiger partial charge in [0.1, 0.15) is 6.61 Å². The molecule has 1 saturated heterocycles. The van der Waals surface area contributed by atoms with Crippen molar-refractivity contribution in [2.75, 3.05) is 6.61 Å². The van der Waals surface area contributed by atoms with Gasteiger partial charge >= 0.3 is 0 Å². The Balaban J connectivity index is 1.43. The molecule has 2 fully saturated rings. The maximum Gasteiger partial charge on any atom is 0.267 e. The third-order valence-corrected chi connectivity index (χ3v) is 8.47. The van der Waals surface area contributed by atoms with Crippen LogP contribution in [-0.2, 0) is 11.4 Å². The topological polar surface area (TPSA) is 51.1 Å². The lowest BCUT2D eigenvalue weighted by molar-refractivity contribution is -0.124. The van der Waals surface area contributed by atoms with Crippen LogP contribution in [0.25, 0.3) is 6.08 Å². The number of nitrogens with zero attached hydrogens (tertiary/aromatic N) is 2. The van der Waals surface area contributed by atoms with Crippen molar-refractivity contribution in [2.24, 2.45) is 10.9 Å². The number of hydrogen-bond donors (Lipinski definition) is 0. The average Bonchev–Trinajstić information content (AvgIpc) is 3.24. The van der Waals surface area contributed by atoms with Crippen molar-refractivity contribution in [1.29, 1.82) is 0 Å². The number of carbonyl (C=O) groups is 1. The zero-order valence-electron chi connectivity index (χ0n) is 22.3. The van der Waals surface area contributed by atoms with Gasteiger partial charge in [0.05, 0.1) is 17.2 Å². The van der Waals surface area contributed by atoms with Crippen molar-refractivity contribution in [1.82, 2.24) is 4.90 Å². The highest BCUT2D eigenvalue weighted by Crippen LogP contribution is 2.41. The van der Waals surface area contributed by atoms with Gasteiger partial charge in [0, 0.05) is 16.6 Å². The highest BCUT2D eigenvalue weighted by molar-refractivity contribution is 8.18. The van der Waals surface area contributed by atoms with E-state index in [2.05, 4.69) is 6.92 Å². The molecule has 0 N–H and O–H groups in total. The molecule has 5 nitrogen and oxygen atoms in total. The van der Waals surface area contributed by atoms with Gasteiger partial charge in [0.25, 0.3) is 5.91 Å². The Bertz CT molecular complexity index is 1370. The predicted octanol–water partition coefficient (Wildman–Crippen LogP) is 8.50. The maximum atomic E-state index is 13.8. The molecule has 202 valence electrons. The molecule has 1 aliphatic carbocycles. The van der Waals surface area contributed by atoms with Crippen LogP contribution in [-0.4, -0.2) is 28.6 Å². The van der Waals surface area contributed by atoms with Gasteiger partial charge < -0.3 is 9.47 Å². The van der Waals surface area contributed by atoms with Gasteiger partial charge in [-0.25, -0.2) is 4.99 Å².